The van der Waals surface area contributed by atoms with E-state index in [-0.39, 0.29) is 11.9 Å². The normalized spacial score (nSPS) is 16.1. The minimum Gasteiger partial charge on any atom is -0.459 e. The molecule has 4 nitrogen and oxygen atoms in total. The fourth-order valence-electron chi connectivity index (χ4n) is 4.02. The zero-order valence-electron chi connectivity index (χ0n) is 16.5. The van der Waals surface area contributed by atoms with E-state index in [0.29, 0.717) is 18.8 Å². The van der Waals surface area contributed by atoms with Crippen molar-refractivity contribution in [1.82, 2.24) is 9.80 Å². The summed E-state index contributed by atoms with van der Waals surface area (Å²) in [5.41, 5.74) is 5.21. The van der Waals surface area contributed by atoms with Crippen LogP contribution in [0.5, 0.6) is 0 Å². The lowest BCUT2D eigenvalue weighted by Gasteiger charge is -2.40. The molecule has 1 saturated heterocycles. The highest BCUT2D eigenvalue weighted by molar-refractivity contribution is 5.91. The molecule has 0 saturated carbocycles. The summed E-state index contributed by atoms with van der Waals surface area (Å²) < 4.78 is 5.29. The summed E-state index contributed by atoms with van der Waals surface area (Å²) >= 11 is 0. The minimum absolute atomic E-state index is 0.0207. The van der Waals surface area contributed by atoms with Crippen molar-refractivity contribution in [1.29, 1.82) is 0 Å². The molecule has 144 valence electrons. The van der Waals surface area contributed by atoms with Gasteiger partial charge in [0.25, 0.3) is 5.91 Å². The van der Waals surface area contributed by atoms with Crippen LogP contribution in [0.25, 0.3) is 0 Å². The second kappa shape index (κ2) is 8.03. The molecule has 4 heteroatoms. The average molecular weight is 374 g/mol. The maximum atomic E-state index is 12.6. The average Bonchev–Trinajstić information content (AvgIpc) is 3.26. The molecule has 1 aliphatic heterocycles. The lowest BCUT2D eigenvalue weighted by Crippen LogP contribution is -2.49. The van der Waals surface area contributed by atoms with Crippen molar-refractivity contribution < 1.29 is 9.21 Å². The highest BCUT2D eigenvalue weighted by atomic mass is 16.3. The quantitative estimate of drug-likeness (QED) is 0.677. The smallest absolute Gasteiger partial charge is 0.289 e. The summed E-state index contributed by atoms with van der Waals surface area (Å²) in [5.74, 6) is 0.398. The van der Waals surface area contributed by atoms with Crippen LogP contribution in [0, 0.1) is 13.8 Å². The van der Waals surface area contributed by atoms with Crippen LogP contribution in [0.2, 0.25) is 0 Å². The van der Waals surface area contributed by atoms with Crippen LogP contribution >= 0.6 is 0 Å². The molecule has 0 radical (unpaired) electrons. The molecule has 1 fully saturated rings. The minimum atomic E-state index is -0.0207. The third-order valence-electron chi connectivity index (χ3n) is 5.54. The van der Waals surface area contributed by atoms with Crippen molar-refractivity contribution in [2.75, 3.05) is 26.2 Å². The van der Waals surface area contributed by atoms with Gasteiger partial charge in [-0.3, -0.25) is 9.69 Å². The maximum Gasteiger partial charge on any atom is 0.289 e. The molecular formula is C24H26N2O2. The summed E-state index contributed by atoms with van der Waals surface area (Å²) in [7, 11) is 0. The third kappa shape index (κ3) is 3.73. The lowest BCUT2D eigenvalue weighted by atomic mass is 9.92. The van der Waals surface area contributed by atoms with E-state index in [1.54, 1.807) is 18.4 Å². The molecule has 0 aliphatic carbocycles. The molecule has 1 atom stereocenters. The number of rotatable bonds is 4. The molecule has 1 aliphatic rings. The Morgan fingerprint density at radius 3 is 2.36 bits per heavy atom. The van der Waals surface area contributed by atoms with Crippen molar-refractivity contribution in [3.8, 4) is 0 Å². The standard InChI is InChI=1S/C24H26N2O2/c1-18-10-11-19(2)21(17-18)23(20-7-4-3-5-8-20)25-12-14-26(15-13-25)24(27)22-9-6-16-28-22/h3-11,16-17,23H,12-15H2,1-2H3. The van der Waals surface area contributed by atoms with Crippen molar-refractivity contribution in [2.24, 2.45) is 0 Å². The molecule has 0 spiro atoms. The van der Waals surface area contributed by atoms with Crippen LogP contribution in [0.1, 0.15) is 38.9 Å². The first-order valence-electron chi connectivity index (χ1n) is 9.82. The first-order chi connectivity index (χ1) is 13.6. The van der Waals surface area contributed by atoms with Gasteiger partial charge in [-0.1, -0.05) is 54.1 Å². The van der Waals surface area contributed by atoms with Gasteiger partial charge in [-0.05, 0) is 42.7 Å². The summed E-state index contributed by atoms with van der Waals surface area (Å²) in [4.78, 5) is 17.0. The third-order valence-corrected chi connectivity index (χ3v) is 5.54. The fraction of sp³-hybridized carbons (Fsp3) is 0.292. The highest BCUT2D eigenvalue weighted by Crippen LogP contribution is 2.32. The summed E-state index contributed by atoms with van der Waals surface area (Å²) in [6.07, 6.45) is 1.55. The Labute approximate surface area is 166 Å². The fourth-order valence-corrected chi connectivity index (χ4v) is 4.02. The van der Waals surface area contributed by atoms with Gasteiger partial charge in [0.2, 0.25) is 0 Å². The predicted molar refractivity (Wildman–Crippen MR) is 110 cm³/mol. The maximum absolute atomic E-state index is 12.6. The van der Waals surface area contributed by atoms with E-state index in [9.17, 15) is 4.79 Å². The van der Waals surface area contributed by atoms with Gasteiger partial charge in [-0.2, -0.15) is 0 Å². The highest BCUT2D eigenvalue weighted by Gasteiger charge is 2.30. The first-order valence-corrected chi connectivity index (χ1v) is 9.82. The largest absolute Gasteiger partial charge is 0.459 e. The van der Waals surface area contributed by atoms with E-state index in [1.807, 2.05) is 4.90 Å². The number of carbonyl (C=O) groups excluding carboxylic acids is 1. The predicted octanol–water partition coefficient (Wildman–Crippen LogP) is 4.44. The first kappa shape index (κ1) is 18.5. The Kier molecular flexibility index (Phi) is 5.31. The van der Waals surface area contributed by atoms with Crippen LogP contribution in [-0.4, -0.2) is 41.9 Å². The Balaban J connectivity index is 1.58. The topological polar surface area (TPSA) is 36.7 Å². The Morgan fingerprint density at radius 1 is 0.929 bits per heavy atom. The Morgan fingerprint density at radius 2 is 1.68 bits per heavy atom. The van der Waals surface area contributed by atoms with Gasteiger partial charge >= 0.3 is 0 Å². The molecule has 1 unspecified atom stereocenters. The number of nitrogens with zero attached hydrogens (tertiary/aromatic N) is 2. The van der Waals surface area contributed by atoms with Crippen LogP contribution in [-0.2, 0) is 0 Å². The van der Waals surface area contributed by atoms with Crippen LogP contribution < -0.4 is 0 Å². The Bertz CT molecular complexity index is 927. The second-order valence-electron chi connectivity index (χ2n) is 7.48. The molecule has 3 aromatic rings. The molecule has 2 aromatic carbocycles. The molecule has 1 aromatic heterocycles. The number of hydrogen-bond donors (Lipinski definition) is 0. The lowest BCUT2D eigenvalue weighted by molar-refractivity contribution is 0.0567. The SMILES string of the molecule is Cc1ccc(C)c(C(c2ccccc2)N2CCN(C(=O)c3ccco3)CC2)c1. The summed E-state index contributed by atoms with van der Waals surface area (Å²) in [6, 6.07) is 21.0. The Hall–Kier alpha value is -2.85. The molecule has 0 N–H and O–H groups in total. The number of benzene rings is 2. The molecule has 2 heterocycles. The zero-order valence-corrected chi connectivity index (χ0v) is 16.5. The number of aryl methyl sites for hydroxylation is 2. The van der Waals surface area contributed by atoms with Crippen LogP contribution in [0.3, 0.4) is 0 Å². The van der Waals surface area contributed by atoms with Gasteiger partial charge in [0.05, 0.1) is 12.3 Å². The monoisotopic (exact) mass is 374 g/mol. The number of amides is 1. The zero-order chi connectivity index (χ0) is 19.5. The van der Waals surface area contributed by atoms with Gasteiger partial charge in [0.15, 0.2) is 5.76 Å². The van der Waals surface area contributed by atoms with E-state index in [2.05, 4.69) is 67.3 Å². The van der Waals surface area contributed by atoms with E-state index < -0.39 is 0 Å². The van der Waals surface area contributed by atoms with E-state index in [0.717, 1.165) is 13.1 Å². The summed E-state index contributed by atoms with van der Waals surface area (Å²) in [5, 5.41) is 0. The van der Waals surface area contributed by atoms with E-state index >= 15 is 0 Å². The molecule has 28 heavy (non-hydrogen) atoms. The van der Waals surface area contributed by atoms with Gasteiger partial charge in [0, 0.05) is 26.2 Å². The second-order valence-corrected chi connectivity index (χ2v) is 7.48. The van der Waals surface area contributed by atoms with Crippen molar-refractivity contribution >= 4 is 5.91 Å². The number of carbonyl (C=O) groups is 1. The van der Waals surface area contributed by atoms with Crippen LogP contribution in [0.15, 0.2) is 71.3 Å². The van der Waals surface area contributed by atoms with Crippen molar-refractivity contribution in [2.45, 2.75) is 19.9 Å². The number of furan rings is 1. The van der Waals surface area contributed by atoms with Gasteiger partial charge < -0.3 is 9.32 Å². The molecular weight excluding hydrogens is 348 g/mol. The number of piperazine rings is 1. The van der Waals surface area contributed by atoms with Crippen LogP contribution in [0.4, 0.5) is 0 Å². The molecule has 1 amide bonds. The molecule has 4 rings (SSSR count). The van der Waals surface area contributed by atoms with Crippen molar-refractivity contribution in [3.63, 3.8) is 0 Å². The van der Waals surface area contributed by atoms with Crippen molar-refractivity contribution in [3.05, 3.63) is 94.9 Å². The molecule has 0 bridgehead atoms. The van der Waals surface area contributed by atoms with Gasteiger partial charge in [0.1, 0.15) is 0 Å². The van der Waals surface area contributed by atoms with E-state index in [1.165, 1.54) is 22.3 Å². The van der Waals surface area contributed by atoms with Gasteiger partial charge in [-0.15, -0.1) is 0 Å². The van der Waals surface area contributed by atoms with E-state index in [4.69, 9.17) is 4.42 Å². The van der Waals surface area contributed by atoms with Gasteiger partial charge in [-0.25, -0.2) is 0 Å². The summed E-state index contributed by atoms with van der Waals surface area (Å²) in [6.45, 7) is 7.40. The number of hydrogen-bond acceptors (Lipinski definition) is 3.